The predicted octanol–water partition coefficient (Wildman–Crippen LogP) is 0.714. The minimum absolute atomic E-state index is 0.324. The summed E-state index contributed by atoms with van der Waals surface area (Å²) < 4.78 is 5.64. The van der Waals surface area contributed by atoms with E-state index in [1.807, 2.05) is 12.1 Å². The van der Waals surface area contributed by atoms with Crippen LogP contribution in [0.4, 0.5) is 0 Å². The van der Waals surface area contributed by atoms with Crippen LogP contribution in [-0.4, -0.2) is 44.2 Å². The fourth-order valence-electron chi connectivity index (χ4n) is 2.08. The molecule has 1 heterocycles. The SMILES string of the molecule is N#Cc1cccc(OCCN2CCNCC2)c1C#N. The summed E-state index contributed by atoms with van der Waals surface area (Å²) in [5.41, 5.74) is 0.687. The Hall–Kier alpha value is -2.08. The van der Waals surface area contributed by atoms with E-state index >= 15 is 0 Å². The molecule has 0 spiro atoms. The molecule has 1 fully saturated rings. The number of nitrogens with zero attached hydrogens (tertiary/aromatic N) is 3. The molecule has 2 rings (SSSR count). The summed E-state index contributed by atoms with van der Waals surface area (Å²) in [6.07, 6.45) is 0. The highest BCUT2D eigenvalue weighted by atomic mass is 16.5. The summed E-state index contributed by atoms with van der Waals surface area (Å²) in [6.45, 7) is 5.42. The second-order valence-corrected chi connectivity index (χ2v) is 4.34. The molecule has 0 saturated carbocycles. The van der Waals surface area contributed by atoms with Gasteiger partial charge in [-0.2, -0.15) is 10.5 Å². The fourth-order valence-corrected chi connectivity index (χ4v) is 2.08. The van der Waals surface area contributed by atoms with Crippen LogP contribution in [0.15, 0.2) is 18.2 Å². The number of piperazine rings is 1. The van der Waals surface area contributed by atoms with E-state index in [0.717, 1.165) is 32.7 Å². The first-order valence-electron chi connectivity index (χ1n) is 6.34. The zero-order valence-electron chi connectivity index (χ0n) is 10.7. The number of nitriles is 2. The molecule has 19 heavy (non-hydrogen) atoms. The molecule has 0 amide bonds. The lowest BCUT2D eigenvalue weighted by Gasteiger charge is -2.27. The van der Waals surface area contributed by atoms with E-state index < -0.39 is 0 Å². The molecule has 1 aromatic carbocycles. The molecule has 0 unspecified atom stereocenters. The molecule has 5 nitrogen and oxygen atoms in total. The van der Waals surface area contributed by atoms with Crippen LogP contribution in [0.2, 0.25) is 0 Å². The van der Waals surface area contributed by atoms with E-state index in [-0.39, 0.29) is 0 Å². The maximum absolute atomic E-state index is 9.08. The fraction of sp³-hybridized carbons (Fsp3) is 0.429. The van der Waals surface area contributed by atoms with E-state index in [2.05, 4.69) is 10.2 Å². The van der Waals surface area contributed by atoms with Crippen molar-refractivity contribution in [1.29, 1.82) is 10.5 Å². The average Bonchev–Trinajstić information content (AvgIpc) is 2.48. The molecule has 1 saturated heterocycles. The molecule has 1 N–H and O–H groups in total. The minimum Gasteiger partial charge on any atom is -0.491 e. The highest BCUT2D eigenvalue weighted by Gasteiger charge is 2.11. The summed E-state index contributed by atoms with van der Waals surface area (Å²) in [5, 5.41) is 21.3. The number of nitrogens with one attached hydrogen (secondary N) is 1. The summed E-state index contributed by atoms with van der Waals surface area (Å²) in [4.78, 5) is 2.32. The number of benzene rings is 1. The third-order valence-corrected chi connectivity index (χ3v) is 3.13. The molecule has 1 aliphatic heterocycles. The van der Waals surface area contributed by atoms with Crippen molar-refractivity contribution in [3.8, 4) is 17.9 Å². The molecule has 5 heteroatoms. The van der Waals surface area contributed by atoms with Crippen LogP contribution in [0.25, 0.3) is 0 Å². The summed E-state index contributed by atoms with van der Waals surface area (Å²) in [6, 6.07) is 9.13. The number of hydrogen-bond acceptors (Lipinski definition) is 5. The van der Waals surface area contributed by atoms with Crippen LogP contribution in [0.5, 0.6) is 5.75 Å². The minimum atomic E-state index is 0.324. The van der Waals surface area contributed by atoms with Gasteiger partial charge in [0, 0.05) is 32.7 Å². The van der Waals surface area contributed by atoms with Gasteiger partial charge < -0.3 is 10.1 Å². The van der Waals surface area contributed by atoms with Crippen molar-refractivity contribution >= 4 is 0 Å². The molecule has 0 aromatic heterocycles. The maximum atomic E-state index is 9.08. The van der Waals surface area contributed by atoms with E-state index in [1.54, 1.807) is 18.2 Å². The molecule has 98 valence electrons. The Bertz CT molecular complexity index is 509. The highest BCUT2D eigenvalue weighted by molar-refractivity contribution is 5.53. The lowest BCUT2D eigenvalue weighted by Crippen LogP contribution is -2.44. The summed E-state index contributed by atoms with van der Waals surface area (Å²) in [5.74, 6) is 0.497. The van der Waals surface area contributed by atoms with Gasteiger partial charge in [0.25, 0.3) is 0 Å². The first-order chi connectivity index (χ1) is 9.35. The molecule has 0 aliphatic carbocycles. The Morgan fingerprint density at radius 1 is 1.21 bits per heavy atom. The molecule has 0 bridgehead atoms. The smallest absolute Gasteiger partial charge is 0.138 e. The van der Waals surface area contributed by atoms with Gasteiger partial charge in [-0.15, -0.1) is 0 Å². The van der Waals surface area contributed by atoms with E-state index in [1.165, 1.54) is 0 Å². The normalized spacial score (nSPS) is 15.5. The number of hydrogen-bond donors (Lipinski definition) is 1. The van der Waals surface area contributed by atoms with Gasteiger partial charge in [0.05, 0.1) is 5.56 Å². The monoisotopic (exact) mass is 256 g/mol. The van der Waals surface area contributed by atoms with E-state index in [0.29, 0.717) is 23.5 Å². The second kappa shape index (κ2) is 6.75. The van der Waals surface area contributed by atoms with E-state index in [4.69, 9.17) is 15.3 Å². The van der Waals surface area contributed by atoms with Crippen LogP contribution < -0.4 is 10.1 Å². The van der Waals surface area contributed by atoms with Crippen LogP contribution >= 0.6 is 0 Å². The molecule has 0 atom stereocenters. The molecular formula is C14H16N4O. The van der Waals surface area contributed by atoms with Crippen LogP contribution in [-0.2, 0) is 0 Å². The van der Waals surface area contributed by atoms with Gasteiger partial charge in [-0.05, 0) is 12.1 Å². The van der Waals surface area contributed by atoms with Gasteiger partial charge in [0.1, 0.15) is 30.1 Å². The van der Waals surface area contributed by atoms with Crippen molar-refractivity contribution < 1.29 is 4.74 Å². The van der Waals surface area contributed by atoms with Crippen molar-refractivity contribution in [2.24, 2.45) is 0 Å². The largest absolute Gasteiger partial charge is 0.491 e. The first kappa shape index (κ1) is 13.4. The second-order valence-electron chi connectivity index (χ2n) is 4.34. The Morgan fingerprint density at radius 3 is 2.68 bits per heavy atom. The van der Waals surface area contributed by atoms with Gasteiger partial charge >= 0.3 is 0 Å². The number of rotatable bonds is 4. The third kappa shape index (κ3) is 3.45. The van der Waals surface area contributed by atoms with Gasteiger partial charge in [-0.3, -0.25) is 4.90 Å². The van der Waals surface area contributed by atoms with Crippen molar-refractivity contribution in [1.82, 2.24) is 10.2 Å². The quantitative estimate of drug-likeness (QED) is 0.859. The van der Waals surface area contributed by atoms with Crippen molar-refractivity contribution in [2.75, 3.05) is 39.3 Å². The lowest BCUT2D eigenvalue weighted by atomic mass is 10.1. The Labute approximate surface area is 113 Å². The summed E-state index contributed by atoms with van der Waals surface area (Å²) in [7, 11) is 0. The zero-order valence-corrected chi connectivity index (χ0v) is 10.7. The van der Waals surface area contributed by atoms with Crippen LogP contribution in [0.1, 0.15) is 11.1 Å². The van der Waals surface area contributed by atoms with Gasteiger partial charge in [0.2, 0.25) is 0 Å². The molecule has 1 aliphatic rings. The van der Waals surface area contributed by atoms with Gasteiger partial charge in [0.15, 0.2) is 0 Å². The Morgan fingerprint density at radius 2 is 2.00 bits per heavy atom. The van der Waals surface area contributed by atoms with Gasteiger partial charge in [-0.1, -0.05) is 6.07 Å². The molecule has 1 aromatic rings. The van der Waals surface area contributed by atoms with E-state index in [9.17, 15) is 0 Å². The standard InChI is InChI=1S/C14H16N4O/c15-10-12-2-1-3-14(13(12)11-16)19-9-8-18-6-4-17-5-7-18/h1-3,17H,4-9H2. The van der Waals surface area contributed by atoms with Crippen molar-refractivity contribution in [3.05, 3.63) is 29.3 Å². The average molecular weight is 256 g/mol. The predicted molar refractivity (Wildman–Crippen MR) is 70.7 cm³/mol. The lowest BCUT2D eigenvalue weighted by molar-refractivity contribution is 0.191. The summed E-state index contributed by atoms with van der Waals surface area (Å²) >= 11 is 0. The topological polar surface area (TPSA) is 72.1 Å². The third-order valence-electron chi connectivity index (χ3n) is 3.13. The Kier molecular flexibility index (Phi) is 4.74. The first-order valence-corrected chi connectivity index (χ1v) is 6.34. The molecular weight excluding hydrogens is 240 g/mol. The maximum Gasteiger partial charge on any atom is 0.138 e. The molecule has 0 radical (unpaired) electrons. The van der Waals surface area contributed by atoms with Crippen molar-refractivity contribution in [3.63, 3.8) is 0 Å². The number of ether oxygens (including phenoxy) is 1. The zero-order chi connectivity index (χ0) is 13.5. The van der Waals surface area contributed by atoms with Crippen molar-refractivity contribution in [2.45, 2.75) is 0 Å². The van der Waals surface area contributed by atoms with Crippen LogP contribution in [0, 0.1) is 22.7 Å². The van der Waals surface area contributed by atoms with Gasteiger partial charge in [-0.25, -0.2) is 0 Å². The highest BCUT2D eigenvalue weighted by Crippen LogP contribution is 2.20. The Balaban J connectivity index is 1.92. The van der Waals surface area contributed by atoms with Crippen LogP contribution in [0.3, 0.4) is 0 Å².